The molecule has 0 radical (unpaired) electrons. The number of carbonyl (C=O) groups is 1. The largest absolute Gasteiger partial charge is 0.475 e. The van der Waals surface area contributed by atoms with Crippen LogP contribution in [-0.4, -0.2) is 17.6 Å². The van der Waals surface area contributed by atoms with Gasteiger partial charge in [-0.05, 0) is 26.0 Å². The van der Waals surface area contributed by atoms with Crippen molar-refractivity contribution in [2.24, 2.45) is 0 Å². The van der Waals surface area contributed by atoms with Crippen molar-refractivity contribution >= 4 is 5.97 Å². The van der Waals surface area contributed by atoms with Crippen LogP contribution < -0.4 is 5.32 Å². The number of hydrogen-bond acceptors (Lipinski definition) is 3. The predicted molar refractivity (Wildman–Crippen MR) is 57.0 cm³/mol. The van der Waals surface area contributed by atoms with Crippen LogP contribution in [0.5, 0.6) is 0 Å². The average Bonchev–Trinajstić information content (AvgIpc) is 2.55. The van der Waals surface area contributed by atoms with Crippen molar-refractivity contribution in [1.82, 2.24) is 5.32 Å². The summed E-state index contributed by atoms with van der Waals surface area (Å²) in [5.41, 5.74) is 0.676. The molecule has 0 aliphatic carbocycles. The maximum Gasteiger partial charge on any atom is 0.372 e. The molecule has 1 rings (SSSR count). The van der Waals surface area contributed by atoms with Gasteiger partial charge in [-0.3, -0.25) is 0 Å². The smallest absolute Gasteiger partial charge is 0.372 e. The van der Waals surface area contributed by atoms with Gasteiger partial charge in [-0.25, -0.2) is 4.79 Å². The third kappa shape index (κ3) is 3.40. The van der Waals surface area contributed by atoms with E-state index in [1.165, 1.54) is 0 Å². The zero-order valence-electron chi connectivity index (χ0n) is 9.17. The van der Waals surface area contributed by atoms with E-state index >= 15 is 0 Å². The lowest BCUT2D eigenvalue weighted by atomic mass is 10.2. The summed E-state index contributed by atoms with van der Waals surface area (Å²) in [6.45, 7) is 5.39. The number of carboxylic acids is 1. The zero-order chi connectivity index (χ0) is 11.3. The average molecular weight is 211 g/mol. The summed E-state index contributed by atoms with van der Waals surface area (Å²) in [5, 5.41) is 12.0. The second-order valence-corrected chi connectivity index (χ2v) is 3.56. The van der Waals surface area contributed by atoms with Gasteiger partial charge in [0, 0.05) is 5.56 Å². The van der Waals surface area contributed by atoms with Gasteiger partial charge in [0.05, 0.1) is 6.54 Å². The summed E-state index contributed by atoms with van der Waals surface area (Å²) >= 11 is 0. The van der Waals surface area contributed by atoms with Gasteiger partial charge in [0.1, 0.15) is 5.76 Å². The molecule has 1 aromatic rings. The normalized spacial score (nSPS) is 10.5. The summed E-state index contributed by atoms with van der Waals surface area (Å²) in [6.07, 6.45) is 2.26. The molecule has 0 fully saturated rings. The first-order valence-electron chi connectivity index (χ1n) is 5.18. The van der Waals surface area contributed by atoms with Crippen LogP contribution in [0.15, 0.2) is 10.5 Å². The number of aryl methyl sites for hydroxylation is 1. The number of hydrogen-bond donors (Lipinski definition) is 2. The fraction of sp³-hybridized carbons (Fsp3) is 0.545. The Balaban J connectivity index is 2.48. The third-order valence-electron chi connectivity index (χ3n) is 2.17. The first-order valence-corrected chi connectivity index (χ1v) is 5.18. The van der Waals surface area contributed by atoms with E-state index in [1.807, 2.05) is 0 Å². The number of aromatic carboxylic acids is 1. The van der Waals surface area contributed by atoms with Gasteiger partial charge in [0.15, 0.2) is 0 Å². The van der Waals surface area contributed by atoms with Gasteiger partial charge >= 0.3 is 5.97 Å². The second kappa shape index (κ2) is 5.56. The van der Waals surface area contributed by atoms with Gasteiger partial charge in [-0.2, -0.15) is 0 Å². The molecule has 0 saturated carbocycles. The Morgan fingerprint density at radius 2 is 2.33 bits per heavy atom. The molecule has 0 bridgehead atoms. The van der Waals surface area contributed by atoms with Crippen molar-refractivity contribution in [3.63, 3.8) is 0 Å². The zero-order valence-corrected chi connectivity index (χ0v) is 9.17. The number of rotatable bonds is 6. The molecule has 0 aromatic carbocycles. The summed E-state index contributed by atoms with van der Waals surface area (Å²) < 4.78 is 5.19. The van der Waals surface area contributed by atoms with Crippen molar-refractivity contribution in [3.05, 3.63) is 23.2 Å². The molecule has 0 atom stereocenters. The van der Waals surface area contributed by atoms with E-state index in [9.17, 15) is 4.79 Å². The highest BCUT2D eigenvalue weighted by Gasteiger charge is 2.13. The van der Waals surface area contributed by atoms with Crippen LogP contribution in [0.2, 0.25) is 0 Å². The fourth-order valence-electron chi connectivity index (χ4n) is 1.36. The molecule has 1 aromatic heterocycles. The molecule has 2 N–H and O–H groups in total. The lowest BCUT2D eigenvalue weighted by molar-refractivity contribution is 0.0659. The Bertz CT molecular complexity index is 331. The van der Waals surface area contributed by atoms with Crippen LogP contribution in [-0.2, 0) is 6.54 Å². The van der Waals surface area contributed by atoms with Crippen LogP contribution in [0.3, 0.4) is 0 Å². The van der Waals surface area contributed by atoms with E-state index in [2.05, 4.69) is 12.2 Å². The van der Waals surface area contributed by atoms with Crippen LogP contribution in [0.1, 0.15) is 41.6 Å². The molecule has 0 amide bonds. The Hall–Kier alpha value is -1.29. The molecule has 0 saturated heterocycles. The van der Waals surface area contributed by atoms with E-state index in [1.54, 1.807) is 13.0 Å². The number of carboxylic acid groups (broad SMARTS) is 1. The summed E-state index contributed by atoms with van der Waals surface area (Å²) in [4.78, 5) is 10.7. The first-order chi connectivity index (χ1) is 7.15. The maximum absolute atomic E-state index is 10.7. The monoisotopic (exact) mass is 211 g/mol. The Kier molecular flexibility index (Phi) is 4.37. The lowest BCUT2D eigenvalue weighted by Crippen LogP contribution is -2.13. The SMILES string of the molecule is CCCCNCc1cc(C)c(C(=O)O)o1. The molecule has 0 spiro atoms. The molecule has 4 heteroatoms. The summed E-state index contributed by atoms with van der Waals surface area (Å²) in [7, 11) is 0. The highest BCUT2D eigenvalue weighted by atomic mass is 16.4. The maximum atomic E-state index is 10.7. The van der Waals surface area contributed by atoms with Gasteiger partial charge in [0.2, 0.25) is 5.76 Å². The molecular weight excluding hydrogens is 194 g/mol. The fourth-order valence-corrected chi connectivity index (χ4v) is 1.36. The van der Waals surface area contributed by atoms with E-state index < -0.39 is 5.97 Å². The van der Waals surface area contributed by atoms with E-state index in [4.69, 9.17) is 9.52 Å². The topological polar surface area (TPSA) is 62.5 Å². The highest BCUT2D eigenvalue weighted by Crippen LogP contribution is 2.14. The van der Waals surface area contributed by atoms with Crippen LogP contribution in [0, 0.1) is 6.92 Å². The van der Waals surface area contributed by atoms with Crippen molar-refractivity contribution in [2.75, 3.05) is 6.54 Å². The van der Waals surface area contributed by atoms with Crippen LogP contribution in [0.4, 0.5) is 0 Å². The minimum Gasteiger partial charge on any atom is -0.475 e. The Morgan fingerprint density at radius 3 is 2.87 bits per heavy atom. The molecule has 0 aliphatic rings. The summed E-state index contributed by atoms with van der Waals surface area (Å²) in [6, 6.07) is 1.77. The van der Waals surface area contributed by atoms with Crippen molar-refractivity contribution in [2.45, 2.75) is 33.2 Å². The quantitative estimate of drug-likeness (QED) is 0.708. The van der Waals surface area contributed by atoms with Gasteiger partial charge in [0.25, 0.3) is 0 Å². The number of nitrogens with one attached hydrogen (secondary N) is 1. The van der Waals surface area contributed by atoms with E-state index in [-0.39, 0.29) is 5.76 Å². The minimum atomic E-state index is -1.01. The van der Waals surface area contributed by atoms with E-state index in [0.29, 0.717) is 17.9 Å². The first kappa shape index (κ1) is 11.8. The summed E-state index contributed by atoms with van der Waals surface area (Å²) in [5.74, 6) is -0.282. The molecular formula is C11H17NO3. The highest BCUT2D eigenvalue weighted by molar-refractivity contribution is 5.86. The lowest BCUT2D eigenvalue weighted by Gasteiger charge is -1.99. The van der Waals surface area contributed by atoms with Crippen molar-refractivity contribution < 1.29 is 14.3 Å². The van der Waals surface area contributed by atoms with Crippen molar-refractivity contribution in [3.8, 4) is 0 Å². The molecule has 84 valence electrons. The molecule has 15 heavy (non-hydrogen) atoms. The Morgan fingerprint density at radius 1 is 1.60 bits per heavy atom. The standard InChI is InChI=1S/C11H17NO3/c1-3-4-5-12-7-9-6-8(2)10(15-9)11(13)14/h6,12H,3-5,7H2,1-2H3,(H,13,14). The number of furan rings is 1. The molecule has 0 unspecified atom stereocenters. The molecule has 0 aliphatic heterocycles. The third-order valence-corrected chi connectivity index (χ3v) is 2.17. The predicted octanol–water partition coefficient (Wildman–Crippen LogP) is 2.18. The van der Waals surface area contributed by atoms with Crippen molar-refractivity contribution in [1.29, 1.82) is 0 Å². The van der Waals surface area contributed by atoms with E-state index in [0.717, 1.165) is 19.4 Å². The molecule has 4 nitrogen and oxygen atoms in total. The molecule has 1 heterocycles. The van der Waals surface area contributed by atoms with Crippen LogP contribution >= 0.6 is 0 Å². The Labute approximate surface area is 89.3 Å². The minimum absolute atomic E-state index is 0.0438. The second-order valence-electron chi connectivity index (χ2n) is 3.56. The van der Waals surface area contributed by atoms with Gasteiger partial charge < -0.3 is 14.8 Å². The number of unbranched alkanes of at least 4 members (excludes halogenated alkanes) is 1. The van der Waals surface area contributed by atoms with Gasteiger partial charge in [-0.15, -0.1) is 0 Å². The van der Waals surface area contributed by atoms with Crippen LogP contribution in [0.25, 0.3) is 0 Å². The van der Waals surface area contributed by atoms with Gasteiger partial charge in [-0.1, -0.05) is 13.3 Å².